The predicted octanol–water partition coefficient (Wildman–Crippen LogP) is 5.66. The second kappa shape index (κ2) is 10.0. The first kappa shape index (κ1) is 22.7. The molecule has 1 aromatic heterocycles. The van der Waals surface area contributed by atoms with E-state index in [1.807, 2.05) is 23.1 Å². The molecule has 4 aromatic rings. The summed E-state index contributed by atoms with van der Waals surface area (Å²) in [6, 6.07) is 23.2. The van der Waals surface area contributed by atoms with Crippen LogP contribution >= 0.6 is 11.6 Å². The molecule has 0 spiro atoms. The number of carbonyl (C=O) groups is 1. The Labute approximate surface area is 207 Å². The van der Waals surface area contributed by atoms with Crippen molar-refractivity contribution in [2.45, 2.75) is 12.8 Å². The van der Waals surface area contributed by atoms with Crippen LogP contribution < -0.4 is 15.6 Å². The van der Waals surface area contributed by atoms with Crippen molar-refractivity contribution in [3.8, 4) is 17.2 Å². The first-order chi connectivity index (χ1) is 17.1. The zero-order valence-electron chi connectivity index (χ0n) is 18.9. The van der Waals surface area contributed by atoms with Crippen molar-refractivity contribution in [2.75, 3.05) is 18.4 Å². The first-order valence-electron chi connectivity index (χ1n) is 11.4. The molecule has 1 fully saturated rings. The lowest BCUT2D eigenvalue weighted by atomic mass is 10.2. The van der Waals surface area contributed by atoms with E-state index in [1.165, 1.54) is 10.9 Å². The number of nitrogens with zero attached hydrogens (tertiary/aromatic N) is 3. The van der Waals surface area contributed by atoms with Crippen molar-refractivity contribution in [1.82, 2.24) is 14.7 Å². The molecule has 0 atom stereocenters. The molecule has 8 heteroatoms. The summed E-state index contributed by atoms with van der Waals surface area (Å²) in [5.74, 6) is 0.854. The van der Waals surface area contributed by atoms with E-state index >= 15 is 0 Å². The van der Waals surface area contributed by atoms with Gasteiger partial charge >= 0.3 is 0 Å². The molecular weight excluding hydrogens is 464 g/mol. The molecule has 1 saturated heterocycles. The minimum Gasteiger partial charge on any atom is -0.453 e. The van der Waals surface area contributed by atoms with Gasteiger partial charge in [-0.25, -0.2) is 0 Å². The van der Waals surface area contributed by atoms with Gasteiger partial charge in [-0.2, -0.15) is 9.78 Å². The van der Waals surface area contributed by atoms with Gasteiger partial charge in [0.15, 0.2) is 11.4 Å². The summed E-state index contributed by atoms with van der Waals surface area (Å²) in [4.78, 5) is 28.1. The topological polar surface area (TPSA) is 76.5 Å². The van der Waals surface area contributed by atoms with Gasteiger partial charge in [0.1, 0.15) is 5.75 Å². The molecule has 1 aliphatic rings. The highest BCUT2D eigenvalue weighted by molar-refractivity contribution is 6.32. The number of aromatic nitrogens is 2. The number of anilines is 2. The van der Waals surface area contributed by atoms with Gasteiger partial charge in [-0.3, -0.25) is 9.59 Å². The summed E-state index contributed by atoms with van der Waals surface area (Å²) in [5.41, 5.74) is 1.47. The molecule has 0 unspecified atom stereocenters. The van der Waals surface area contributed by atoms with Gasteiger partial charge in [-0.1, -0.05) is 41.9 Å². The van der Waals surface area contributed by atoms with E-state index in [4.69, 9.17) is 16.3 Å². The normalized spacial score (nSPS) is 13.0. The van der Waals surface area contributed by atoms with Crippen LogP contribution in [0.5, 0.6) is 11.5 Å². The van der Waals surface area contributed by atoms with Crippen molar-refractivity contribution in [2.24, 2.45) is 0 Å². The number of benzene rings is 3. The minimum atomic E-state index is -0.427. The molecule has 0 aliphatic carbocycles. The number of hydrogen-bond donors (Lipinski definition) is 1. The zero-order chi connectivity index (χ0) is 24.2. The lowest BCUT2D eigenvalue weighted by molar-refractivity contribution is 0.0793. The highest BCUT2D eigenvalue weighted by Gasteiger charge is 2.20. The van der Waals surface area contributed by atoms with Crippen molar-refractivity contribution in [3.05, 3.63) is 106 Å². The largest absolute Gasteiger partial charge is 0.453 e. The van der Waals surface area contributed by atoms with Crippen molar-refractivity contribution in [3.63, 3.8) is 0 Å². The van der Waals surface area contributed by atoms with Gasteiger partial charge < -0.3 is 15.0 Å². The van der Waals surface area contributed by atoms with E-state index in [9.17, 15) is 9.59 Å². The molecule has 5 rings (SSSR count). The van der Waals surface area contributed by atoms with Crippen molar-refractivity contribution >= 4 is 28.9 Å². The second-order valence-corrected chi connectivity index (χ2v) is 8.58. The number of ether oxygens (including phenoxy) is 1. The van der Waals surface area contributed by atoms with Gasteiger partial charge in [0.25, 0.3) is 11.5 Å². The Hall–Kier alpha value is -4.10. The van der Waals surface area contributed by atoms with Gasteiger partial charge in [0.05, 0.1) is 16.9 Å². The van der Waals surface area contributed by atoms with Crippen molar-refractivity contribution < 1.29 is 9.53 Å². The second-order valence-electron chi connectivity index (χ2n) is 8.17. The van der Waals surface area contributed by atoms with Crippen LogP contribution in [0.4, 0.5) is 11.4 Å². The number of amides is 1. The summed E-state index contributed by atoms with van der Waals surface area (Å²) < 4.78 is 7.21. The average Bonchev–Trinajstić information content (AvgIpc) is 3.43. The molecule has 176 valence electrons. The molecule has 1 aliphatic heterocycles. The number of likely N-dealkylation sites (tertiary alicyclic amines) is 1. The van der Waals surface area contributed by atoms with Crippen molar-refractivity contribution in [1.29, 1.82) is 0 Å². The lowest BCUT2D eigenvalue weighted by Crippen LogP contribution is -2.27. The van der Waals surface area contributed by atoms with Crippen LogP contribution in [0.1, 0.15) is 23.2 Å². The third kappa shape index (κ3) is 4.90. The first-order valence-corrected chi connectivity index (χ1v) is 11.7. The quantitative estimate of drug-likeness (QED) is 0.380. The van der Waals surface area contributed by atoms with E-state index in [1.54, 1.807) is 60.7 Å². The maximum Gasteiger partial charge on any atom is 0.299 e. The Balaban J connectivity index is 1.50. The Morgan fingerprint density at radius 2 is 1.60 bits per heavy atom. The number of carbonyl (C=O) groups excluding carboxylic acids is 1. The van der Waals surface area contributed by atoms with Crippen LogP contribution in [0.3, 0.4) is 0 Å². The van der Waals surface area contributed by atoms with Gasteiger partial charge in [0.2, 0.25) is 0 Å². The summed E-state index contributed by atoms with van der Waals surface area (Å²) in [7, 11) is 0. The van der Waals surface area contributed by atoms with E-state index < -0.39 is 5.56 Å². The molecule has 35 heavy (non-hydrogen) atoms. The Kier molecular flexibility index (Phi) is 6.50. The zero-order valence-corrected chi connectivity index (χ0v) is 19.6. The summed E-state index contributed by atoms with van der Waals surface area (Å²) in [6.07, 6.45) is 3.55. The monoisotopic (exact) mass is 486 g/mol. The van der Waals surface area contributed by atoms with Crippen LogP contribution in [0.15, 0.2) is 89.9 Å². The Bertz CT molecular complexity index is 1400. The smallest absolute Gasteiger partial charge is 0.299 e. The average molecular weight is 487 g/mol. The molecular formula is C27H23ClN4O3. The number of hydrogen-bond acceptors (Lipinski definition) is 5. The molecule has 7 nitrogen and oxygen atoms in total. The molecule has 2 heterocycles. The standard InChI is InChI=1S/C27H23ClN4O3/c28-22-10-4-5-11-23(22)32-27(34)25(24(18-29-32)35-21-8-2-1-3-9-21)30-20-14-12-19(13-15-20)26(33)31-16-6-7-17-31/h1-5,8-15,18,30H,6-7,16-17H2. The van der Waals surface area contributed by atoms with Gasteiger partial charge in [0, 0.05) is 24.3 Å². The molecule has 0 radical (unpaired) electrons. The van der Waals surface area contributed by atoms with Crippen LogP contribution in [0, 0.1) is 0 Å². The van der Waals surface area contributed by atoms with Crippen LogP contribution in [-0.2, 0) is 0 Å². The van der Waals surface area contributed by atoms with Crippen LogP contribution in [0.2, 0.25) is 5.02 Å². The highest BCUT2D eigenvalue weighted by Crippen LogP contribution is 2.29. The molecule has 1 N–H and O–H groups in total. The number of halogens is 1. The molecule has 1 amide bonds. The SMILES string of the molecule is O=C(c1ccc(Nc2c(Oc3ccccc3)cnn(-c3ccccc3Cl)c2=O)cc1)N1CCCC1. The third-order valence-electron chi connectivity index (χ3n) is 5.79. The molecule has 0 bridgehead atoms. The van der Waals surface area contributed by atoms with Gasteiger partial charge in [-0.15, -0.1) is 0 Å². The van der Waals surface area contributed by atoms with Crippen LogP contribution in [0.25, 0.3) is 5.69 Å². The number of rotatable bonds is 6. The third-order valence-corrected chi connectivity index (χ3v) is 6.11. The fourth-order valence-electron chi connectivity index (χ4n) is 3.98. The van der Waals surface area contributed by atoms with E-state index in [0.717, 1.165) is 25.9 Å². The Morgan fingerprint density at radius 1 is 0.914 bits per heavy atom. The van der Waals surface area contributed by atoms with E-state index in [0.29, 0.717) is 27.7 Å². The number of nitrogens with one attached hydrogen (secondary N) is 1. The lowest BCUT2D eigenvalue weighted by Gasteiger charge is -2.16. The van der Waals surface area contributed by atoms with E-state index in [2.05, 4.69) is 10.4 Å². The molecule has 0 saturated carbocycles. The molecule has 3 aromatic carbocycles. The van der Waals surface area contributed by atoms with Gasteiger partial charge in [-0.05, 0) is 61.4 Å². The minimum absolute atomic E-state index is 0.0205. The van der Waals surface area contributed by atoms with E-state index in [-0.39, 0.29) is 17.3 Å². The maximum absolute atomic E-state index is 13.5. The highest BCUT2D eigenvalue weighted by atomic mass is 35.5. The fraction of sp³-hybridized carbons (Fsp3) is 0.148. The summed E-state index contributed by atoms with van der Waals surface area (Å²) in [5, 5.41) is 7.85. The summed E-state index contributed by atoms with van der Waals surface area (Å²) >= 11 is 6.33. The summed E-state index contributed by atoms with van der Waals surface area (Å²) in [6.45, 7) is 1.58. The number of para-hydroxylation sites is 2. The Morgan fingerprint density at radius 3 is 2.31 bits per heavy atom. The predicted molar refractivity (Wildman–Crippen MR) is 136 cm³/mol. The fourth-order valence-corrected chi connectivity index (χ4v) is 4.20. The maximum atomic E-state index is 13.5. The van der Waals surface area contributed by atoms with Crippen LogP contribution in [-0.4, -0.2) is 33.7 Å².